The normalized spacial score (nSPS) is 14.3. The SMILES string of the molecule is CCOC(=O)CN1C(=O)CN(C(=O)Nc2cccc(C)c2)CCC(=O)c2ccccc21. The molecular formula is C23H25N3O5. The third-order valence-corrected chi connectivity index (χ3v) is 4.88. The van der Waals surface area contributed by atoms with Gasteiger partial charge >= 0.3 is 12.0 Å². The first-order valence-corrected chi connectivity index (χ1v) is 10.1. The second-order valence-corrected chi connectivity index (χ2v) is 7.20. The van der Waals surface area contributed by atoms with Crippen LogP contribution in [0.15, 0.2) is 48.5 Å². The van der Waals surface area contributed by atoms with Crippen molar-refractivity contribution in [1.82, 2.24) is 4.90 Å². The molecule has 0 aliphatic carbocycles. The van der Waals surface area contributed by atoms with E-state index in [1.165, 1.54) is 9.80 Å². The fourth-order valence-corrected chi connectivity index (χ4v) is 3.39. The molecule has 162 valence electrons. The van der Waals surface area contributed by atoms with Crippen molar-refractivity contribution < 1.29 is 23.9 Å². The van der Waals surface area contributed by atoms with Crippen LogP contribution in [-0.2, 0) is 14.3 Å². The van der Waals surface area contributed by atoms with Crippen molar-refractivity contribution in [2.75, 3.05) is 36.5 Å². The summed E-state index contributed by atoms with van der Waals surface area (Å²) in [6, 6.07) is 13.4. The number of para-hydroxylation sites is 1. The fourth-order valence-electron chi connectivity index (χ4n) is 3.39. The van der Waals surface area contributed by atoms with Gasteiger partial charge in [0.15, 0.2) is 5.78 Å². The van der Waals surface area contributed by atoms with Crippen LogP contribution in [0.2, 0.25) is 0 Å². The van der Waals surface area contributed by atoms with E-state index in [9.17, 15) is 19.2 Å². The molecule has 3 amide bonds. The summed E-state index contributed by atoms with van der Waals surface area (Å²) >= 11 is 0. The average molecular weight is 423 g/mol. The fraction of sp³-hybridized carbons (Fsp3) is 0.304. The molecular weight excluding hydrogens is 398 g/mol. The van der Waals surface area contributed by atoms with Crippen LogP contribution in [0.3, 0.4) is 0 Å². The predicted molar refractivity (Wildman–Crippen MR) is 116 cm³/mol. The molecule has 0 saturated carbocycles. The highest BCUT2D eigenvalue weighted by atomic mass is 16.5. The number of ether oxygens (including phenoxy) is 1. The number of aryl methyl sites for hydroxylation is 1. The second kappa shape index (κ2) is 9.88. The minimum absolute atomic E-state index is 0.0543. The molecule has 0 radical (unpaired) electrons. The molecule has 1 heterocycles. The Morgan fingerprint density at radius 2 is 1.87 bits per heavy atom. The van der Waals surface area contributed by atoms with Crippen molar-refractivity contribution >= 4 is 35.1 Å². The van der Waals surface area contributed by atoms with Crippen molar-refractivity contribution in [2.24, 2.45) is 0 Å². The van der Waals surface area contributed by atoms with Gasteiger partial charge in [-0.3, -0.25) is 19.3 Å². The Kier molecular flexibility index (Phi) is 7.02. The molecule has 1 aliphatic rings. The summed E-state index contributed by atoms with van der Waals surface area (Å²) < 4.78 is 4.99. The number of nitrogens with zero attached hydrogens (tertiary/aromatic N) is 2. The lowest BCUT2D eigenvalue weighted by molar-refractivity contribution is -0.142. The molecule has 0 unspecified atom stereocenters. The standard InChI is InChI=1S/C23H25N3O5/c1-3-31-22(29)15-26-19-10-5-4-9-18(19)20(27)11-12-25(14-21(26)28)23(30)24-17-8-6-7-16(2)13-17/h4-10,13H,3,11-12,14-15H2,1-2H3,(H,24,30). The quantitative estimate of drug-likeness (QED) is 0.763. The number of rotatable bonds is 4. The van der Waals surface area contributed by atoms with Gasteiger partial charge in [0.1, 0.15) is 13.1 Å². The molecule has 8 heteroatoms. The van der Waals surface area contributed by atoms with Crippen LogP contribution in [0, 0.1) is 6.92 Å². The van der Waals surface area contributed by atoms with E-state index in [0.717, 1.165) is 5.56 Å². The average Bonchev–Trinajstić information content (AvgIpc) is 2.78. The van der Waals surface area contributed by atoms with Gasteiger partial charge in [0.25, 0.3) is 0 Å². The molecule has 31 heavy (non-hydrogen) atoms. The third kappa shape index (κ3) is 5.48. The minimum Gasteiger partial charge on any atom is -0.465 e. The summed E-state index contributed by atoms with van der Waals surface area (Å²) in [6.07, 6.45) is 0.0543. The Bertz CT molecular complexity index is 1000. The van der Waals surface area contributed by atoms with E-state index in [1.807, 2.05) is 25.1 Å². The molecule has 8 nitrogen and oxygen atoms in total. The number of esters is 1. The maximum absolute atomic E-state index is 13.1. The number of amides is 3. The molecule has 0 spiro atoms. The Balaban J connectivity index is 1.88. The number of anilines is 2. The molecule has 0 atom stereocenters. The van der Waals surface area contributed by atoms with Crippen LogP contribution in [-0.4, -0.2) is 54.8 Å². The zero-order chi connectivity index (χ0) is 22.4. The predicted octanol–water partition coefficient (Wildman–Crippen LogP) is 3.01. The van der Waals surface area contributed by atoms with Crippen LogP contribution in [0.4, 0.5) is 16.2 Å². The number of hydrogen-bond acceptors (Lipinski definition) is 5. The van der Waals surface area contributed by atoms with Crippen LogP contribution in [0.1, 0.15) is 29.3 Å². The van der Waals surface area contributed by atoms with E-state index in [-0.39, 0.29) is 38.4 Å². The van der Waals surface area contributed by atoms with E-state index < -0.39 is 17.9 Å². The van der Waals surface area contributed by atoms with E-state index in [2.05, 4.69) is 5.32 Å². The lowest BCUT2D eigenvalue weighted by atomic mass is 10.1. The monoisotopic (exact) mass is 423 g/mol. The molecule has 1 aliphatic heterocycles. The smallest absolute Gasteiger partial charge is 0.326 e. The number of hydrogen-bond donors (Lipinski definition) is 1. The molecule has 0 aromatic heterocycles. The largest absolute Gasteiger partial charge is 0.465 e. The summed E-state index contributed by atoms with van der Waals surface area (Å²) in [5, 5.41) is 2.77. The van der Waals surface area contributed by atoms with E-state index in [0.29, 0.717) is 16.9 Å². The highest BCUT2D eigenvalue weighted by Gasteiger charge is 2.29. The summed E-state index contributed by atoms with van der Waals surface area (Å²) in [5.41, 5.74) is 2.24. The zero-order valence-corrected chi connectivity index (χ0v) is 17.6. The van der Waals surface area contributed by atoms with Gasteiger partial charge in [0, 0.05) is 24.2 Å². The number of urea groups is 1. The van der Waals surface area contributed by atoms with E-state index in [4.69, 9.17) is 4.74 Å². The summed E-state index contributed by atoms with van der Waals surface area (Å²) in [5.74, 6) is -1.28. The number of fused-ring (bicyclic) bond motifs is 1. The van der Waals surface area contributed by atoms with Gasteiger partial charge in [-0.05, 0) is 43.7 Å². The van der Waals surface area contributed by atoms with E-state index in [1.54, 1.807) is 37.3 Å². The van der Waals surface area contributed by atoms with Crippen molar-refractivity contribution in [1.29, 1.82) is 0 Å². The van der Waals surface area contributed by atoms with Crippen molar-refractivity contribution in [3.8, 4) is 0 Å². The Morgan fingerprint density at radius 1 is 1.10 bits per heavy atom. The maximum Gasteiger partial charge on any atom is 0.326 e. The van der Waals surface area contributed by atoms with Crippen molar-refractivity contribution in [3.63, 3.8) is 0 Å². The lowest BCUT2D eigenvalue weighted by Gasteiger charge is -2.26. The number of Topliss-reactive ketones (excluding diaryl/α,β-unsaturated/α-hetero) is 1. The first-order chi connectivity index (χ1) is 14.9. The summed E-state index contributed by atoms with van der Waals surface area (Å²) in [7, 11) is 0. The highest BCUT2D eigenvalue weighted by molar-refractivity contribution is 6.09. The molecule has 0 bridgehead atoms. The number of carbonyl (C=O) groups is 4. The lowest BCUT2D eigenvalue weighted by Crippen LogP contribution is -2.46. The Labute approximate surface area is 180 Å². The second-order valence-electron chi connectivity index (χ2n) is 7.20. The van der Waals surface area contributed by atoms with Gasteiger partial charge in [-0.15, -0.1) is 0 Å². The zero-order valence-electron chi connectivity index (χ0n) is 17.6. The number of nitrogens with one attached hydrogen (secondary N) is 1. The summed E-state index contributed by atoms with van der Waals surface area (Å²) in [6.45, 7) is 3.20. The van der Waals surface area contributed by atoms with Crippen LogP contribution < -0.4 is 10.2 Å². The number of carbonyl (C=O) groups excluding carboxylic acids is 4. The first kappa shape index (κ1) is 22.0. The molecule has 1 N–H and O–H groups in total. The van der Waals surface area contributed by atoms with Crippen LogP contribution in [0.25, 0.3) is 0 Å². The van der Waals surface area contributed by atoms with E-state index >= 15 is 0 Å². The molecule has 0 fully saturated rings. The molecule has 0 saturated heterocycles. The number of ketones is 1. The minimum atomic E-state index is -0.590. The number of benzene rings is 2. The Morgan fingerprint density at radius 3 is 2.61 bits per heavy atom. The van der Waals surface area contributed by atoms with Gasteiger partial charge in [-0.1, -0.05) is 24.3 Å². The topological polar surface area (TPSA) is 96.0 Å². The maximum atomic E-state index is 13.1. The molecule has 3 rings (SSSR count). The van der Waals surface area contributed by atoms with Gasteiger partial charge < -0.3 is 15.0 Å². The van der Waals surface area contributed by atoms with Crippen molar-refractivity contribution in [3.05, 3.63) is 59.7 Å². The van der Waals surface area contributed by atoms with Gasteiger partial charge in [-0.2, -0.15) is 0 Å². The Hall–Kier alpha value is -3.68. The molecule has 2 aromatic rings. The van der Waals surface area contributed by atoms with Crippen molar-refractivity contribution in [2.45, 2.75) is 20.3 Å². The summed E-state index contributed by atoms with van der Waals surface area (Å²) in [4.78, 5) is 53.4. The molecule has 2 aromatic carbocycles. The first-order valence-electron chi connectivity index (χ1n) is 10.1. The van der Waals surface area contributed by atoms with Crippen LogP contribution in [0.5, 0.6) is 0 Å². The van der Waals surface area contributed by atoms with Gasteiger partial charge in [0.05, 0.1) is 12.3 Å². The highest BCUT2D eigenvalue weighted by Crippen LogP contribution is 2.24. The van der Waals surface area contributed by atoms with Crippen LogP contribution >= 0.6 is 0 Å². The van der Waals surface area contributed by atoms with Gasteiger partial charge in [-0.25, -0.2) is 4.79 Å². The third-order valence-electron chi connectivity index (χ3n) is 4.88. The van der Waals surface area contributed by atoms with Gasteiger partial charge in [0.2, 0.25) is 5.91 Å².